The van der Waals surface area contributed by atoms with Gasteiger partial charge in [0.25, 0.3) is 5.91 Å². The van der Waals surface area contributed by atoms with Gasteiger partial charge < -0.3 is 10.1 Å². The third kappa shape index (κ3) is 5.52. The zero-order chi connectivity index (χ0) is 21.7. The van der Waals surface area contributed by atoms with Crippen LogP contribution in [-0.2, 0) is 16.6 Å². The summed E-state index contributed by atoms with van der Waals surface area (Å²) in [5.41, 5.74) is 1.51. The Bertz CT molecular complexity index is 1150. The number of ether oxygens (including phenoxy) is 1. The number of hydrogen-bond donors (Lipinski definition) is 2. The van der Waals surface area contributed by atoms with Gasteiger partial charge in [-0.2, -0.15) is 0 Å². The van der Waals surface area contributed by atoms with Gasteiger partial charge in [-0.05, 0) is 48.5 Å². The Balaban J connectivity index is 1.81. The summed E-state index contributed by atoms with van der Waals surface area (Å²) in [5.74, 6) is 0.118. The number of methoxy groups -OCH3 is 1. The second-order valence-corrected chi connectivity index (χ2v) is 8.92. The van der Waals surface area contributed by atoms with Crippen LogP contribution in [0.5, 0.6) is 5.75 Å². The molecule has 0 aliphatic rings. The van der Waals surface area contributed by atoms with Crippen LogP contribution in [0.2, 0.25) is 10.0 Å². The quantitative estimate of drug-likeness (QED) is 0.528. The lowest BCUT2D eigenvalue weighted by Gasteiger charge is -2.13. The molecule has 0 atom stereocenters. The average molecular weight is 465 g/mol. The number of anilines is 1. The smallest absolute Gasteiger partial charge is 0.255 e. The first-order chi connectivity index (χ1) is 14.3. The van der Waals surface area contributed by atoms with Crippen molar-refractivity contribution in [2.45, 2.75) is 11.4 Å². The summed E-state index contributed by atoms with van der Waals surface area (Å²) in [4.78, 5) is 12.5. The van der Waals surface area contributed by atoms with Gasteiger partial charge in [0.15, 0.2) is 0 Å². The van der Waals surface area contributed by atoms with Gasteiger partial charge in [0.1, 0.15) is 5.75 Å². The number of nitrogens with one attached hydrogen (secondary N) is 2. The molecule has 0 aliphatic carbocycles. The third-order valence-corrected chi connectivity index (χ3v) is 5.99. The Labute approximate surface area is 184 Å². The maximum absolute atomic E-state index is 12.6. The van der Waals surface area contributed by atoms with Crippen molar-refractivity contribution < 1.29 is 17.9 Å². The van der Waals surface area contributed by atoms with Gasteiger partial charge >= 0.3 is 0 Å². The van der Waals surface area contributed by atoms with E-state index >= 15 is 0 Å². The summed E-state index contributed by atoms with van der Waals surface area (Å²) in [7, 11) is -2.42. The van der Waals surface area contributed by atoms with Crippen molar-refractivity contribution in [2.75, 3.05) is 12.4 Å². The fourth-order valence-corrected chi connectivity index (χ4v) is 4.45. The van der Waals surface area contributed by atoms with Gasteiger partial charge in [0.05, 0.1) is 12.0 Å². The summed E-state index contributed by atoms with van der Waals surface area (Å²) in [6.07, 6.45) is 0. The van der Waals surface area contributed by atoms with E-state index in [1.54, 1.807) is 30.3 Å². The van der Waals surface area contributed by atoms with Crippen molar-refractivity contribution in [1.82, 2.24) is 4.72 Å². The van der Waals surface area contributed by atoms with Gasteiger partial charge in [-0.1, -0.05) is 41.4 Å². The second kappa shape index (κ2) is 9.49. The Kier molecular flexibility index (Phi) is 6.99. The molecule has 0 saturated heterocycles. The Hall–Kier alpha value is -2.58. The number of sulfonamides is 1. The van der Waals surface area contributed by atoms with E-state index in [0.717, 1.165) is 0 Å². The minimum Gasteiger partial charge on any atom is -0.496 e. The van der Waals surface area contributed by atoms with Crippen LogP contribution in [0, 0.1) is 0 Å². The minimum atomic E-state index is -3.89. The van der Waals surface area contributed by atoms with Crippen LogP contribution >= 0.6 is 23.2 Å². The SMILES string of the molecule is COc1ccc(C(=O)Nc2ccccc2)cc1CNS(=O)(=O)c1cc(Cl)cc(Cl)c1. The molecule has 9 heteroatoms. The summed E-state index contributed by atoms with van der Waals surface area (Å²) in [6.45, 7) is -0.0951. The lowest BCUT2D eigenvalue weighted by molar-refractivity contribution is 0.102. The fraction of sp³-hybridized carbons (Fsp3) is 0.0952. The molecule has 156 valence electrons. The highest BCUT2D eigenvalue weighted by Crippen LogP contribution is 2.24. The predicted octanol–water partition coefficient (Wildman–Crippen LogP) is 4.73. The van der Waals surface area contributed by atoms with E-state index < -0.39 is 10.0 Å². The van der Waals surface area contributed by atoms with Crippen LogP contribution in [0.15, 0.2) is 71.6 Å². The van der Waals surface area contributed by atoms with E-state index in [4.69, 9.17) is 27.9 Å². The van der Waals surface area contributed by atoms with Crippen LogP contribution < -0.4 is 14.8 Å². The lowest BCUT2D eigenvalue weighted by atomic mass is 10.1. The molecule has 2 N–H and O–H groups in total. The van der Waals surface area contributed by atoms with Crippen molar-refractivity contribution in [3.05, 3.63) is 87.9 Å². The number of amides is 1. The van der Waals surface area contributed by atoms with Crippen LogP contribution in [0.1, 0.15) is 15.9 Å². The summed E-state index contributed by atoms with van der Waals surface area (Å²) in [6, 6.07) is 17.8. The molecule has 3 aromatic rings. The Morgan fingerprint density at radius 1 is 0.967 bits per heavy atom. The van der Waals surface area contributed by atoms with Crippen molar-refractivity contribution in [2.24, 2.45) is 0 Å². The number of benzene rings is 3. The molecule has 0 aliphatic heterocycles. The molecule has 0 bridgehead atoms. The number of halogens is 2. The molecule has 0 heterocycles. The van der Waals surface area contributed by atoms with Crippen LogP contribution in [0.4, 0.5) is 5.69 Å². The first kappa shape index (κ1) is 22.1. The van der Waals surface area contributed by atoms with E-state index in [1.807, 2.05) is 18.2 Å². The Morgan fingerprint density at radius 2 is 1.63 bits per heavy atom. The average Bonchev–Trinajstić information content (AvgIpc) is 2.72. The topological polar surface area (TPSA) is 84.5 Å². The van der Waals surface area contributed by atoms with Crippen LogP contribution in [-0.4, -0.2) is 21.4 Å². The van der Waals surface area contributed by atoms with Crippen molar-refractivity contribution in [3.8, 4) is 5.75 Å². The first-order valence-electron chi connectivity index (χ1n) is 8.77. The normalized spacial score (nSPS) is 11.2. The summed E-state index contributed by atoms with van der Waals surface area (Å²) in [5, 5.41) is 3.20. The standard InChI is InChI=1S/C21H18Cl2N2O4S/c1-29-20-8-7-14(21(26)25-18-5-3-2-4-6-18)9-15(20)13-24-30(27,28)19-11-16(22)10-17(23)12-19/h2-12,24H,13H2,1H3,(H,25,26). The fourth-order valence-electron chi connectivity index (χ4n) is 2.72. The first-order valence-corrected chi connectivity index (χ1v) is 11.0. The molecule has 3 rings (SSSR count). The highest BCUT2D eigenvalue weighted by Gasteiger charge is 2.17. The van der Waals surface area contributed by atoms with Gasteiger partial charge in [-0.3, -0.25) is 4.79 Å². The largest absolute Gasteiger partial charge is 0.496 e. The third-order valence-electron chi connectivity index (χ3n) is 4.17. The summed E-state index contributed by atoms with van der Waals surface area (Å²) < 4.78 is 33.0. The van der Waals surface area contributed by atoms with Crippen LogP contribution in [0.3, 0.4) is 0 Å². The number of carbonyl (C=O) groups excluding carboxylic acids is 1. The van der Waals surface area contributed by atoms with E-state index in [0.29, 0.717) is 22.6 Å². The molecule has 6 nitrogen and oxygen atoms in total. The van der Waals surface area contributed by atoms with Crippen molar-refractivity contribution >= 4 is 44.8 Å². The molecule has 0 spiro atoms. The van der Waals surface area contributed by atoms with E-state index in [9.17, 15) is 13.2 Å². The predicted molar refractivity (Wildman–Crippen MR) is 118 cm³/mol. The van der Waals surface area contributed by atoms with Gasteiger partial charge in [0.2, 0.25) is 10.0 Å². The molecule has 0 fully saturated rings. The molecule has 1 amide bonds. The number of carbonyl (C=O) groups is 1. The number of hydrogen-bond acceptors (Lipinski definition) is 4. The monoisotopic (exact) mass is 464 g/mol. The number of rotatable bonds is 7. The minimum absolute atomic E-state index is 0.0584. The zero-order valence-electron chi connectivity index (χ0n) is 15.9. The molecular weight excluding hydrogens is 447 g/mol. The van der Waals surface area contributed by atoms with Crippen molar-refractivity contribution in [1.29, 1.82) is 0 Å². The molecule has 30 heavy (non-hydrogen) atoms. The highest BCUT2D eigenvalue weighted by molar-refractivity contribution is 7.89. The molecule has 3 aromatic carbocycles. The number of para-hydroxylation sites is 1. The molecule has 0 aromatic heterocycles. The Morgan fingerprint density at radius 3 is 2.27 bits per heavy atom. The zero-order valence-corrected chi connectivity index (χ0v) is 18.2. The van der Waals surface area contributed by atoms with E-state index in [2.05, 4.69) is 10.0 Å². The molecule has 0 radical (unpaired) electrons. The summed E-state index contributed by atoms with van der Waals surface area (Å²) >= 11 is 11.8. The molecule has 0 unspecified atom stereocenters. The second-order valence-electron chi connectivity index (χ2n) is 6.28. The highest BCUT2D eigenvalue weighted by atomic mass is 35.5. The van der Waals surface area contributed by atoms with Crippen molar-refractivity contribution in [3.63, 3.8) is 0 Å². The maximum Gasteiger partial charge on any atom is 0.255 e. The molecular formula is C21H18Cl2N2O4S. The van der Waals surface area contributed by atoms with Gasteiger partial charge in [-0.15, -0.1) is 0 Å². The van der Waals surface area contributed by atoms with E-state index in [1.165, 1.54) is 25.3 Å². The lowest BCUT2D eigenvalue weighted by Crippen LogP contribution is -2.24. The maximum atomic E-state index is 12.6. The van der Waals surface area contributed by atoms with E-state index in [-0.39, 0.29) is 27.4 Å². The van der Waals surface area contributed by atoms with Crippen LogP contribution in [0.25, 0.3) is 0 Å². The molecule has 0 saturated carbocycles. The van der Waals surface area contributed by atoms with Gasteiger partial charge in [-0.25, -0.2) is 13.1 Å². The van der Waals surface area contributed by atoms with Gasteiger partial charge in [0, 0.05) is 33.4 Å².